The normalized spacial score (nSPS) is 19.3. The number of nitrogens with one attached hydrogen (secondary N) is 1. The molecule has 2 unspecified atom stereocenters. The van der Waals surface area contributed by atoms with Crippen LogP contribution in [0.5, 0.6) is 0 Å². The Labute approximate surface area is 189 Å². The second-order valence-electron chi connectivity index (χ2n) is 7.37. The Kier molecular flexibility index (Phi) is 7.05. The standard InChI is InChI=1S/C22H24FN3O5S/c1-12(2)31-17(21(28)30-5)16-15(20(27)29-4)22(3,13-6-8-14(23)9-7-13)26-18(25-16)19-24-10-11-32-19/h6-12,17H,1-5H3,(H,25,26). The summed E-state index contributed by atoms with van der Waals surface area (Å²) < 4.78 is 29.5. The minimum absolute atomic E-state index is 0.0444. The van der Waals surface area contributed by atoms with Crippen molar-refractivity contribution in [3.05, 3.63) is 63.5 Å². The van der Waals surface area contributed by atoms with E-state index in [-0.39, 0.29) is 17.4 Å². The highest BCUT2D eigenvalue weighted by atomic mass is 32.1. The van der Waals surface area contributed by atoms with E-state index in [2.05, 4.69) is 10.3 Å². The predicted molar refractivity (Wildman–Crippen MR) is 117 cm³/mol. The molecule has 0 fully saturated rings. The van der Waals surface area contributed by atoms with Gasteiger partial charge < -0.3 is 19.5 Å². The van der Waals surface area contributed by atoms with Gasteiger partial charge in [0.2, 0.25) is 0 Å². The summed E-state index contributed by atoms with van der Waals surface area (Å²) in [6.07, 6.45) is -0.0213. The van der Waals surface area contributed by atoms with Crippen molar-refractivity contribution in [1.29, 1.82) is 0 Å². The van der Waals surface area contributed by atoms with Crippen molar-refractivity contribution in [2.75, 3.05) is 14.2 Å². The fourth-order valence-corrected chi connectivity index (χ4v) is 3.99. The predicted octanol–water partition coefficient (Wildman–Crippen LogP) is 2.94. The maximum absolute atomic E-state index is 13.7. The van der Waals surface area contributed by atoms with Crippen molar-refractivity contribution in [3.8, 4) is 0 Å². The Hall–Kier alpha value is -3.11. The number of rotatable bonds is 7. The average molecular weight is 462 g/mol. The van der Waals surface area contributed by atoms with E-state index < -0.39 is 29.4 Å². The third-order valence-corrected chi connectivity index (χ3v) is 5.64. The second kappa shape index (κ2) is 9.58. The highest BCUT2D eigenvalue weighted by Crippen LogP contribution is 2.40. The number of thiazole rings is 1. The molecule has 0 aliphatic carbocycles. The molecule has 1 aromatic carbocycles. The molecule has 1 aromatic heterocycles. The molecule has 2 heterocycles. The number of nitrogens with zero attached hydrogens (tertiary/aromatic N) is 2. The van der Waals surface area contributed by atoms with E-state index in [1.165, 1.54) is 49.8 Å². The minimum atomic E-state index is -1.34. The Balaban J connectivity index is 2.32. The molecule has 0 amide bonds. The zero-order chi connectivity index (χ0) is 23.5. The second-order valence-corrected chi connectivity index (χ2v) is 8.26. The van der Waals surface area contributed by atoms with Gasteiger partial charge in [0.25, 0.3) is 0 Å². The molecule has 32 heavy (non-hydrogen) atoms. The van der Waals surface area contributed by atoms with E-state index >= 15 is 0 Å². The molecule has 10 heteroatoms. The van der Waals surface area contributed by atoms with Gasteiger partial charge in [-0.2, -0.15) is 0 Å². The lowest BCUT2D eigenvalue weighted by Crippen LogP contribution is -2.48. The number of aliphatic imine (C=N–C) groups is 1. The monoisotopic (exact) mass is 461 g/mol. The van der Waals surface area contributed by atoms with Crippen LogP contribution >= 0.6 is 11.3 Å². The zero-order valence-corrected chi connectivity index (χ0v) is 19.2. The first-order valence-corrected chi connectivity index (χ1v) is 10.7. The van der Waals surface area contributed by atoms with Gasteiger partial charge >= 0.3 is 11.9 Å². The minimum Gasteiger partial charge on any atom is -0.467 e. The molecule has 1 N–H and O–H groups in total. The Morgan fingerprint density at radius 1 is 1.16 bits per heavy atom. The van der Waals surface area contributed by atoms with Crippen LogP contribution in [0.25, 0.3) is 0 Å². The van der Waals surface area contributed by atoms with Gasteiger partial charge in [0.15, 0.2) is 16.9 Å². The summed E-state index contributed by atoms with van der Waals surface area (Å²) in [7, 11) is 2.46. The van der Waals surface area contributed by atoms with E-state index in [0.717, 1.165) is 0 Å². The van der Waals surface area contributed by atoms with E-state index in [4.69, 9.17) is 19.2 Å². The molecule has 3 rings (SSSR count). The van der Waals surface area contributed by atoms with Crippen LogP contribution < -0.4 is 5.32 Å². The number of methoxy groups -OCH3 is 2. The molecule has 1 aliphatic rings. The van der Waals surface area contributed by atoms with Crippen LogP contribution in [0.2, 0.25) is 0 Å². The number of aromatic nitrogens is 1. The van der Waals surface area contributed by atoms with Crippen LogP contribution in [-0.2, 0) is 29.3 Å². The molecule has 1 aliphatic heterocycles. The van der Waals surface area contributed by atoms with Gasteiger partial charge in [-0.3, -0.25) is 0 Å². The molecule has 0 saturated carbocycles. The van der Waals surface area contributed by atoms with Gasteiger partial charge in [0, 0.05) is 11.6 Å². The van der Waals surface area contributed by atoms with E-state index in [1.54, 1.807) is 32.3 Å². The van der Waals surface area contributed by atoms with Gasteiger partial charge in [0.05, 0.1) is 31.6 Å². The molecule has 8 nitrogen and oxygen atoms in total. The van der Waals surface area contributed by atoms with Gasteiger partial charge in [-0.15, -0.1) is 11.3 Å². The summed E-state index contributed by atoms with van der Waals surface area (Å²) in [4.78, 5) is 34.8. The Morgan fingerprint density at radius 3 is 2.38 bits per heavy atom. The number of carbonyl (C=O) groups is 2. The van der Waals surface area contributed by atoms with Gasteiger partial charge in [-0.05, 0) is 38.5 Å². The molecular weight excluding hydrogens is 437 g/mol. The summed E-state index contributed by atoms with van der Waals surface area (Å²) in [6.45, 7) is 5.20. The summed E-state index contributed by atoms with van der Waals surface area (Å²) in [5.41, 5.74) is -0.650. The van der Waals surface area contributed by atoms with Gasteiger partial charge in [-0.25, -0.2) is 24.0 Å². The van der Waals surface area contributed by atoms with Gasteiger partial charge in [0.1, 0.15) is 11.4 Å². The van der Waals surface area contributed by atoms with Crippen LogP contribution in [0.4, 0.5) is 4.39 Å². The molecule has 0 saturated heterocycles. The fraction of sp³-hybridized carbons (Fsp3) is 0.364. The van der Waals surface area contributed by atoms with E-state index in [9.17, 15) is 14.0 Å². The number of halogens is 1. The maximum atomic E-state index is 13.7. The highest BCUT2D eigenvalue weighted by Gasteiger charge is 2.46. The molecule has 2 aromatic rings. The molecule has 0 spiro atoms. The largest absolute Gasteiger partial charge is 0.467 e. The van der Waals surface area contributed by atoms with E-state index in [1.807, 2.05) is 0 Å². The highest BCUT2D eigenvalue weighted by molar-refractivity contribution is 7.11. The van der Waals surface area contributed by atoms with Crippen LogP contribution in [0, 0.1) is 5.82 Å². The van der Waals surface area contributed by atoms with Crippen molar-refractivity contribution in [2.24, 2.45) is 4.99 Å². The topological polar surface area (TPSA) is 99.1 Å². The first-order chi connectivity index (χ1) is 15.2. The van der Waals surface area contributed by atoms with E-state index in [0.29, 0.717) is 16.4 Å². The third kappa shape index (κ3) is 4.56. The van der Waals surface area contributed by atoms with Crippen molar-refractivity contribution < 1.29 is 28.2 Å². The van der Waals surface area contributed by atoms with Crippen molar-refractivity contribution in [2.45, 2.75) is 38.5 Å². The van der Waals surface area contributed by atoms with Crippen molar-refractivity contribution >= 4 is 29.1 Å². The zero-order valence-electron chi connectivity index (χ0n) is 18.3. The maximum Gasteiger partial charge on any atom is 0.341 e. The summed E-state index contributed by atoms with van der Waals surface area (Å²) in [5.74, 6) is -1.53. The number of esters is 2. The number of ether oxygens (including phenoxy) is 3. The summed E-state index contributed by atoms with van der Waals surface area (Å²) in [5, 5.41) is 5.36. The first kappa shape index (κ1) is 23.6. The number of amidine groups is 1. The molecular formula is C22H24FN3O5S. The molecule has 2 atom stereocenters. The van der Waals surface area contributed by atoms with Crippen LogP contribution in [0.1, 0.15) is 31.3 Å². The third-order valence-electron chi connectivity index (χ3n) is 4.86. The van der Waals surface area contributed by atoms with Gasteiger partial charge in [-0.1, -0.05) is 12.1 Å². The number of carbonyl (C=O) groups excluding carboxylic acids is 2. The Morgan fingerprint density at radius 2 is 1.84 bits per heavy atom. The van der Waals surface area contributed by atoms with Crippen LogP contribution in [0.15, 0.2) is 52.1 Å². The lowest BCUT2D eigenvalue weighted by atomic mass is 9.81. The molecule has 0 radical (unpaired) electrons. The molecule has 170 valence electrons. The lowest BCUT2D eigenvalue weighted by molar-refractivity contribution is -0.154. The Bertz CT molecular complexity index is 1050. The number of benzene rings is 1. The number of hydrogen-bond donors (Lipinski definition) is 1. The number of hydrogen-bond acceptors (Lipinski definition) is 9. The summed E-state index contributed by atoms with van der Waals surface area (Å²) in [6, 6.07) is 5.61. The quantitative estimate of drug-likeness (QED) is 0.633. The molecule has 0 bridgehead atoms. The smallest absolute Gasteiger partial charge is 0.341 e. The fourth-order valence-electron chi connectivity index (χ4n) is 3.41. The van der Waals surface area contributed by atoms with Crippen LogP contribution in [-0.4, -0.2) is 49.2 Å². The average Bonchev–Trinajstić information content (AvgIpc) is 3.31. The SMILES string of the molecule is COC(=O)C1=C(C(OC(C)C)C(=O)OC)NC(c2nccs2)=NC1(C)c1ccc(F)cc1. The summed E-state index contributed by atoms with van der Waals surface area (Å²) >= 11 is 1.32. The van der Waals surface area contributed by atoms with Crippen LogP contribution in [0.3, 0.4) is 0 Å². The first-order valence-electron chi connectivity index (χ1n) is 9.80. The van der Waals surface area contributed by atoms with Crippen molar-refractivity contribution in [1.82, 2.24) is 10.3 Å². The van der Waals surface area contributed by atoms with Crippen molar-refractivity contribution in [3.63, 3.8) is 0 Å². The lowest BCUT2D eigenvalue weighted by Gasteiger charge is -2.36.